The lowest BCUT2D eigenvalue weighted by atomic mass is 9.93. The van der Waals surface area contributed by atoms with Crippen LogP contribution in [0.2, 0.25) is 0 Å². The van der Waals surface area contributed by atoms with Gasteiger partial charge in [0, 0.05) is 120 Å². The molecule has 2 saturated carbocycles. The SMILES string of the molecule is CCN(CC(OC)(OC)c1ccnc(S(C)(=O)=O)n1)C(=O)OCc1ccccc1.CCNCC(OC)(OC)c1ccnc(NC2CCC(OCOC)CC2)n1.COC(C)(CN)c1ccnc(SC)n1.COC(CNC(=O)OCc1ccccc1)(OC)c1ccnc(SC)n1.COCOC1CCC(N)CC1. The molecule has 1 unspecified atom stereocenters. The van der Waals surface area contributed by atoms with Crippen LogP contribution < -0.4 is 27.4 Å². The molecule has 105 heavy (non-hydrogen) atoms. The number of rotatable bonds is 35. The van der Waals surface area contributed by atoms with Gasteiger partial charge in [-0.15, -0.1) is 0 Å². The molecule has 584 valence electrons. The molecular weight excluding hydrogens is 1420 g/mol. The number of carbonyl (C=O) groups excluding carboxylic acids is 2. The van der Waals surface area contributed by atoms with Crippen LogP contribution in [0.5, 0.6) is 0 Å². The van der Waals surface area contributed by atoms with Gasteiger partial charge in [-0.05, 0) is 120 Å². The molecule has 6 aromatic rings. The minimum Gasteiger partial charge on any atom is -0.445 e. The van der Waals surface area contributed by atoms with Crippen molar-refractivity contribution < 1.29 is 79.6 Å². The van der Waals surface area contributed by atoms with Crippen LogP contribution in [0.4, 0.5) is 15.5 Å². The Kier molecular flexibility index (Phi) is 41.8. The Morgan fingerprint density at radius 2 is 1.03 bits per heavy atom. The molecule has 2 aliphatic rings. The van der Waals surface area contributed by atoms with E-state index in [4.69, 9.17) is 73.0 Å². The second kappa shape index (κ2) is 48.5. The van der Waals surface area contributed by atoms with E-state index in [1.54, 1.807) is 67.1 Å². The summed E-state index contributed by atoms with van der Waals surface area (Å²) in [6.07, 6.45) is 19.1. The van der Waals surface area contributed by atoms with Gasteiger partial charge in [-0.1, -0.05) is 91.1 Å². The highest BCUT2D eigenvalue weighted by molar-refractivity contribution is 7.98. The number of anilines is 1. The van der Waals surface area contributed by atoms with Crippen LogP contribution in [-0.2, 0) is 108 Å². The molecule has 0 bridgehead atoms. The molecule has 0 aliphatic heterocycles. The van der Waals surface area contributed by atoms with E-state index in [1.807, 2.05) is 99.2 Å². The highest BCUT2D eigenvalue weighted by atomic mass is 32.2. The van der Waals surface area contributed by atoms with Crippen molar-refractivity contribution in [2.75, 3.05) is 141 Å². The standard InChI is InChI=1S/C19H25N3O6S.C18H32N4O4.C17H21N3O4S.C9H15N3OS.C8H17NO2/c1-5-22(18(23)28-13-15-9-7-6-8-10-15)14-19(26-2,27-3)16-11-12-20-17(21-16)29(4,24)25;1-5-19-12-18(24-3,25-4)16-10-11-20-17(22-16)21-14-6-8-15(9-7-14)26-13-23-2;1-22-17(23-2,14-9-10-18-15(20-14)25-3)12-19-16(21)24-11-13-7-5-4-6-8-13;1-9(6-10,13-2)7-4-5-11-8(12-7)14-3;1-10-6-11-8-4-2-7(9)3-5-8/h6-12H,5,13-14H2,1-4H3;10-11,14-15,19H,5-9,12-13H2,1-4H3,(H,20,21,22);4-10H,11-12H2,1-3H3,(H,19,21);4-5H,6,10H2,1-3H3;7-8H,2-6,9H2,1H3. The van der Waals surface area contributed by atoms with Crippen LogP contribution >= 0.6 is 23.5 Å². The van der Waals surface area contributed by atoms with Crippen molar-refractivity contribution in [3.8, 4) is 0 Å². The van der Waals surface area contributed by atoms with Crippen molar-refractivity contribution in [1.82, 2.24) is 55.4 Å². The van der Waals surface area contributed by atoms with Gasteiger partial charge in [0.25, 0.3) is 0 Å². The van der Waals surface area contributed by atoms with Gasteiger partial charge < -0.3 is 93.9 Å². The van der Waals surface area contributed by atoms with Gasteiger partial charge in [0.05, 0.1) is 37.5 Å². The van der Waals surface area contributed by atoms with Gasteiger partial charge in [0.15, 0.2) is 10.3 Å². The van der Waals surface area contributed by atoms with Gasteiger partial charge in [-0.25, -0.2) is 57.9 Å². The third-order valence-corrected chi connectivity index (χ3v) is 18.9. The molecule has 2 aromatic carbocycles. The third-order valence-electron chi connectivity index (χ3n) is 16.9. The van der Waals surface area contributed by atoms with E-state index in [0.29, 0.717) is 73.9 Å². The summed E-state index contributed by atoms with van der Waals surface area (Å²) in [5, 5.41) is 10.3. The number of nitrogens with one attached hydrogen (secondary N) is 3. The summed E-state index contributed by atoms with van der Waals surface area (Å²) in [5.41, 5.74) is 14.8. The zero-order valence-corrected chi connectivity index (χ0v) is 65.7. The number of ether oxygens (including phenoxy) is 13. The monoisotopic (exact) mass is 1530 g/mol. The van der Waals surface area contributed by atoms with Crippen LogP contribution in [0.25, 0.3) is 0 Å². The minimum atomic E-state index is -3.63. The third kappa shape index (κ3) is 30.1. The van der Waals surface area contributed by atoms with Crippen molar-refractivity contribution in [1.29, 1.82) is 0 Å². The molecule has 0 radical (unpaired) electrons. The smallest absolute Gasteiger partial charge is 0.410 e. The zero-order chi connectivity index (χ0) is 77.2. The lowest BCUT2D eigenvalue weighted by molar-refractivity contribution is -0.226. The van der Waals surface area contributed by atoms with Crippen molar-refractivity contribution >= 4 is 51.5 Å². The van der Waals surface area contributed by atoms with Gasteiger partial charge in [0.1, 0.15) is 49.5 Å². The second-order valence-corrected chi connectivity index (χ2v) is 27.2. The number of nitrogens with two attached hydrogens (primary N) is 2. The Morgan fingerprint density at radius 1 is 0.571 bits per heavy atom. The first-order chi connectivity index (χ1) is 50.5. The van der Waals surface area contributed by atoms with E-state index >= 15 is 0 Å². The molecule has 34 heteroatoms. The number of benzene rings is 2. The maximum Gasteiger partial charge on any atom is 0.410 e. The van der Waals surface area contributed by atoms with Crippen molar-refractivity contribution in [2.24, 2.45) is 11.5 Å². The summed E-state index contributed by atoms with van der Waals surface area (Å²) in [5.74, 6) is -3.05. The van der Waals surface area contributed by atoms with E-state index in [2.05, 4.69) is 55.8 Å². The fourth-order valence-corrected chi connectivity index (χ4v) is 11.6. The fraction of sp³-hybridized carbons (Fsp3) is 0.577. The number of likely N-dealkylation sites (N-methyl/N-ethyl adjacent to an activating group) is 2. The maximum absolute atomic E-state index is 12.6. The maximum atomic E-state index is 12.6. The number of hydrogen-bond acceptors (Lipinski definition) is 31. The number of nitrogens with zero attached hydrogens (tertiary/aromatic N) is 9. The number of methoxy groups -OCH3 is 9. The minimum absolute atomic E-state index is 0.0401. The van der Waals surface area contributed by atoms with Crippen LogP contribution in [-0.4, -0.2) is 225 Å². The number of sulfone groups is 1. The van der Waals surface area contributed by atoms with E-state index in [1.165, 1.54) is 69.1 Å². The average molecular weight is 1530 g/mol. The number of amides is 2. The Morgan fingerprint density at radius 3 is 1.50 bits per heavy atom. The molecule has 7 N–H and O–H groups in total. The Hall–Kier alpha value is -6.81. The second-order valence-electron chi connectivity index (χ2n) is 23.8. The summed E-state index contributed by atoms with van der Waals surface area (Å²) >= 11 is 2.91. The predicted molar refractivity (Wildman–Crippen MR) is 398 cm³/mol. The number of thioether (sulfide) groups is 2. The number of hydrogen-bond donors (Lipinski definition) is 5. The van der Waals surface area contributed by atoms with Gasteiger partial charge in [-0.2, -0.15) is 0 Å². The Bertz CT molecular complexity index is 3490. The zero-order valence-electron chi connectivity index (χ0n) is 63.3. The summed E-state index contributed by atoms with van der Waals surface area (Å²) < 4.78 is 93.7. The molecule has 31 nitrogen and oxygen atoms in total. The van der Waals surface area contributed by atoms with Gasteiger partial charge in [-0.3, -0.25) is 0 Å². The largest absolute Gasteiger partial charge is 0.445 e. The summed E-state index contributed by atoms with van der Waals surface area (Å²) in [6, 6.07) is 26.3. The van der Waals surface area contributed by atoms with E-state index in [9.17, 15) is 18.0 Å². The van der Waals surface area contributed by atoms with Gasteiger partial charge >= 0.3 is 12.2 Å². The summed E-state index contributed by atoms with van der Waals surface area (Å²) in [6.45, 7) is 8.82. The molecule has 0 spiro atoms. The number of aromatic nitrogens is 8. The molecule has 0 saturated heterocycles. The lowest BCUT2D eigenvalue weighted by Gasteiger charge is -2.34. The number of alkyl carbamates (subject to hydrolysis) is 1. The quantitative estimate of drug-likeness (QED) is 0.0142. The fourth-order valence-electron chi connectivity index (χ4n) is 10.4. The molecule has 2 fully saturated rings. The van der Waals surface area contributed by atoms with Gasteiger partial charge in [0.2, 0.25) is 38.3 Å². The van der Waals surface area contributed by atoms with E-state index in [0.717, 1.165) is 86.1 Å². The molecule has 1 atom stereocenters. The van der Waals surface area contributed by atoms with Crippen molar-refractivity contribution in [2.45, 2.75) is 148 Å². The molecular formula is C71H110N14O17S3. The van der Waals surface area contributed by atoms with Crippen LogP contribution in [0.3, 0.4) is 0 Å². The molecule has 4 aromatic heterocycles. The van der Waals surface area contributed by atoms with Crippen LogP contribution in [0, 0.1) is 0 Å². The molecule has 4 heterocycles. The normalized spacial score (nSPS) is 16.5. The molecule has 8 rings (SSSR count). The first-order valence-electron chi connectivity index (χ1n) is 34.1. The van der Waals surface area contributed by atoms with Crippen LogP contribution in [0.15, 0.2) is 125 Å². The highest BCUT2D eigenvalue weighted by Crippen LogP contribution is 2.30. The average Bonchev–Trinajstić information content (AvgIpc) is 0.834. The molecule has 2 amide bonds. The highest BCUT2D eigenvalue weighted by Gasteiger charge is 2.40. The first kappa shape index (κ1) is 90.6. The van der Waals surface area contributed by atoms with Crippen LogP contribution in [0.1, 0.15) is 106 Å². The van der Waals surface area contributed by atoms with E-state index < -0.39 is 45.0 Å². The first-order valence-corrected chi connectivity index (χ1v) is 38.4. The Balaban J connectivity index is 0.000000288. The summed E-state index contributed by atoms with van der Waals surface area (Å²) in [7, 11) is 10.3. The van der Waals surface area contributed by atoms with E-state index in [-0.39, 0.29) is 43.3 Å². The lowest BCUT2D eigenvalue weighted by Crippen LogP contribution is -2.47. The van der Waals surface area contributed by atoms with Crippen molar-refractivity contribution in [3.05, 3.63) is 144 Å². The Labute approximate surface area is 627 Å². The topological polar surface area (TPSA) is 383 Å². The number of carbonyl (C=O) groups is 2. The predicted octanol–water partition coefficient (Wildman–Crippen LogP) is 8.33. The van der Waals surface area contributed by atoms with Crippen molar-refractivity contribution in [3.63, 3.8) is 0 Å². The summed E-state index contributed by atoms with van der Waals surface area (Å²) in [4.78, 5) is 59.7. The molecule has 2 aliphatic carbocycles.